The van der Waals surface area contributed by atoms with Crippen LogP contribution in [-0.2, 0) is 0 Å². The molecule has 0 aliphatic heterocycles. The molecular formula is C11H8Cl2N2O2. The van der Waals surface area contributed by atoms with Crippen molar-refractivity contribution in [1.82, 2.24) is 9.55 Å². The van der Waals surface area contributed by atoms with E-state index < -0.39 is 11.2 Å². The third kappa shape index (κ3) is 2.28. The Bertz CT molecular complexity index is 657. The molecule has 0 saturated carbocycles. The van der Waals surface area contributed by atoms with Crippen molar-refractivity contribution < 1.29 is 0 Å². The highest BCUT2D eigenvalue weighted by molar-refractivity contribution is 6.32. The molecule has 0 bridgehead atoms. The summed E-state index contributed by atoms with van der Waals surface area (Å²) in [6, 6.07) is 6.21. The zero-order valence-electron chi connectivity index (χ0n) is 8.83. The average molecular weight is 271 g/mol. The average Bonchev–Trinajstić information content (AvgIpc) is 2.21. The van der Waals surface area contributed by atoms with E-state index in [4.69, 9.17) is 23.2 Å². The third-order valence-corrected chi connectivity index (χ3v) is 2.77. The molecule has 0 aliphatic carbocycles. The van der Waals surface area contributed by atoms with Crippen molar-refractivity contribution in [3.05, 3.63) is 60.8 Å². The maximum atomic E-state index is 11.7. The van der Waals surface area contributed by atoms with Gasteiger partial charge in [0.25, 0.3) is 5.56 Å². The summed E-state index contributed by atoms with van der Waals surface area (Å²) < 4.78 is 0.946. The summed E-state index contributed by atoms with van der Waals surface area (Å²) in [6.07, 6.45) is 0. The maximum absolute atomic E-state index is 11.7. The Labute approximate surface area is 106 Å². The number of hydrogen-bond acceptors (Lipinski definition) is 2. The number of H-pyrrole nitrogens is 1. The molecule has 1 aromatic heterocycles. The number of nitrogens with one attached hydrogen (secondary N) is 1. The van der Waals surface area contributed by atoms with Gasteiger partial charge in [0.2, 0.25) is 0 Å². The number of rotatable bonds is 1. The van der Waals surface area contributed by atoms with Crippen molar-refractivity contribution in [3.8, 4) is 5.69 Å². The van der Waals surface area contributed by atoms with Crippen LogP contribution in [0.15, 0.2) is 33.9 Å². The van der Waals surface area contributed by atoms with Crippen molar-refractivity contribution >= 4 is 23.2 Å². The SMILES string of the molecule is Cc1ccc(Cl)c(-n2c(=O)cc(Cl)[nH]c2=O)c1. The molecule has 1 N–H and O–H groups in total. The second-order valence-electron chi connectivity index (χ2n) is 3.55. The van der Waals surface area contributed by atoms with Crippen LogP contribution in [0.25, 0.3) is 5.69 Å². The summed E-state index contributed by atoms with van der Waals surface area (Å²) in [7, 11) is 0. The van der Waals surface area contributed by atoms with E-state index in [9.17, 15) is 9.59 Å². The monoisotopic (exact) mass is 270 g/mol. The molecule has 88 valence electrons. The van der Waals surface area contributed by atoms with E-state index >= 15 is 0 Å². The highest BCUT2D eigenvalue weighted by Crippen LogP contribution is 2.19. The van der Waals surface area contributed by atoms with Crippen LogP contribution in [0.5, 0.6) is 0 Å². The van der Waals surface area contributed by atoms with Crippen LogP contribution >= 0.6 is 23.2 Å². The zero-order chi connectivity index (χ0) is 12.6. The quantitative estimate of drug-likeness (QED) is 0.808. The van der Waals surface area contributed by atoms with Crippen LogP contribution < -0.4 is 11.2 Å². The smallest absolute Gasteiger partial charge is 0.297 e. The summed E-state index contributed by atoms with van der Waals surface area (Å²) >= 11 is 11.5. The molecule has 0 unspecified atom stereocenters. The predicted molar refractivity (Wildman–Crippen MR) is 67.4 cm³/mol. The van der Waals surface area contributed by atoms with Crippen molar-refractivity contribution in [3.63, 3.8) is 0 Å². The largest absolute Gasteiger partial charge is 0.334 e. The molecule has 1 heterocycles. The Morgan fingerprint density at radius 3 is 2.53 bits per heavy atom. The second kappa shape index (κ2) is 4.39. The van der Waals surface area contributed by atoms with E-state index in [-0.39, 0.29) is 5.15 Å². The van der Waals surface area contributed by atoms with Gasteiger partial charge in [-0.3, -0.25) is 9.78 Å². The highest BCUT2D eigenvalue weighted by Gasteiger charge is 2.09. The van der Waals surface area contributed by atoms with Crippen LogP contribution in [0.1, 0.15) is 5.56 Å². The topological polar surface area (TPSA) is 54.9 Å². The lowest BCUT2D eigenvalue weighted by molar-refractivity contribution is 0.875. The van der Waals surface area contributed by atoms with Gasteiger partial charge in [-0.05, 0) is 24.6 Å². The lowest BCUT2D eigenvalue weighted by Gasteiger charge is -2.07. The lowest BCUT2D eigenvalue weighted by Crippen LogP contribution is -2.33. The first kappa shape index (κ1) is 12.0. The van der Waals surface area contributed by atoms with E-state index in [2.05, 4.69) is 4.98 Å². The first-order valence-corrected chi connectivity index (χ1v) is 5.53. The summed E-state index contributed by atoms with van der Waals surface area (Å²) in [5, 5.41) is 0.325. The van der Waals surface area contributed by atoms with Gasteiger partial charge >= 0.3 is 5.69 Å². The molecule has 17 heavy (non-hydrogen) atoms. The van der Waals surface area contributed by atoms with Gasteiger partial charge in [0, 0.05) is 6.07 Å². The van der Waals surface area contributed by atoms with Crippen LogP contribution in [0.2, 0.25) is 10.2 Å². The maximum Gasteiger partial charge on any atom is 0.334 e. The molecule has 0 aliphatic rings. The minimum Gasteiger partial charge on any atom is -0.297 e. The Kier molecular flexibility index (Phi) is 3.09. The van der Waals surface area contributed by atoms with Gasteiger partial charge in [0.15, 0.2) is 0 Å². The van der Waals surface area contributed by atoms with Gasteiger partial charge < -0.3 is 0 Å². The molecule has 6 heteroatoms. The molecule has 2 aromatic rings. The van der Waals surface area contributed by atoms with Crippen LogP contribution in [-0.4, -0.2) is 9.55 Å². The van der Waals surface area contributed by atoms with Crippen molar-refractivity contribution in [2.24, 2.45) is 0 Å². The standard InChI is InChI=1S/C11H8Cl2N2O2/c1-6-2-3-7(12)8(4-6)15-10(16)5-9(13)14-11(15)17/h2-5H,1H3,(H,14,17). The molecule has 0 amide bonds. The Balaban J connectivity index is 2.82. The Morgan fingerprint density at radius 1 is 1.18 bits per heavy atom. The molecule has 4 nitrogen and oxygen atoms in total. The number of nitrogens with zero attached hydrogens (tertiary/aromatic N) is 1. The number of aromatic nitrogens is 2. The van der Waals surface area contributed by atoms with Crippen molar-refractivity contribution in [2.45, 2.75) is 6.92 Å². The molecular weight excluding hydrogens is 263 g/mol. The number of benzene rings is 1. The third-order valence-electron chi connectivity index (χ3n) is 2.24. The first-order valence-electron chi connectivity index (χ1n) is 4.77. The summed E-state index contributed by atoms with van der Waals surface area (Å²) in [4.78, 5) is 25.8. The molecule has 2 rings (SSSR count). The fourth-order valence-corrected chi connectivity index (χ4v) is 1.87. The minimum atomic E-state index is -0.616. The second-order valence-corrected chi connectivity index (χ2v) is 4.37. The van der Waals surface area contributed by atoms with Gasteiger partial charge in [-0.2, -0.15) is 0 Å². The first-order chi connectivity index (χ1) is 7.99. The fraction of sp³-hybridized carbons (Fsp3) is 0.0909. The van der Waals surface area contributed by atoms with Gasteiger partial charge in [-0.1, -0.05) is 29.3 Å². The van der Waals surface area contributed by atoms with E-state index in [1.54, 1.807) is 18.2 Å². The number of aromatic amines is 1. The van der Waals surface area contributed by atoms with E-state index in [0.29, 0.717) is 10.7 Å². The normalized spacial score (nSPS) is 10.5. The van der Waals surface area contributed by atoms with Gasteiger partial charge in [-0.25, -0.2) is 9.36 Å². The Morgan fingerprint density at radius 2 is 1.88 bits per heavy atom. The zero-order valence-corrected chi connectivity index (χ0v) is 10.3. The lowest BCUT2D eigenvalue weighted by atomic mass is 10.2. The summed E-state index contributed by atoms with van der Waals surface area (Å²) in [5.41, 5.74) is 0.0986. The number of aryl methyl sites for hydroxylation is 1. The number of halogens is 2. The highest BCUT2D eigenvalue weighted by atomic mass is 35.5. The molecule has 0 atom stereocenters. The summed E-state index contributed by atoms with van der Waals surface area (Å²) in [5.74, 6) is 0. The fourth-order valence-electron chi connectivity index (χ4n) is 1.49. The van der Waals surface area contributed by atoms with Crippen molar-refractivity contribution in [1.29, 1.82) is 0 Å². The van der Waals surface area contributed by atoms with E-state index in [1.165, 1.54) is 0 Å². The minimum absolute atomic E-state index is 0.0000236. The van der Waals surface area contributed by atoms with Crippen LogP contribution in [0.4, 0.5) is 0 Å². The van der Waals surface area contributed by atoms with Gasteiger partial charge in [-0.15, -0.1) is 0 Å². The van der Waals surface area contributed by atoms with Crippen molar-refractivity contribution in [2.75, 3.05) is 0 Å². The predicted octanol–water partition coefficient (Wildman–Crippen LogP) is 2.14. The Hall–Kier alpha value is -1.52. The van der Waals surface area contributed by atoms with Crippen LogP contribution in [0, 0.1) is 6.92 Å². The van der Waals surface area contributed by atoms with Crippen LogP contribution in [0.3, 0.4) is 0 Å². The number of hydrogen-bond donors (Lipinski definition) is 1. The summed E-state index contributed by atoms with van der Waals surface area (Å²) in [6.45, 7) is 1.84. The molecule has 1 aromatic carbocycles. The van der Waals surface area contributed by atoms with E-state index in [0.717, 1.165) is 16.2 Å². The molecule has 0 radical (unpaired) electrons. The molecule has 0 fully saturated rings. The van der Waals surface area contributed by atoms with Gasteiger partial charge in [0.1, 0.15) is 5.15 Å². The van der Waals surface area contributed by atoms with Gasteiger partial charge in [0.05, 0.1) is 10.7 Å². The van der Waals surface area contributed by atoms with E-state index in [1.807, 2.05) is 6.92 Å². The molecule has 0 saturated heterocycles. The molecule has 0 spiro atoms.